The molecule has 0 saturated heterocycles. The molecule has 0 aliphatic heterocycles. The monoisotopic (exact) mass is 351 g/mol. The average molecular weight is 351 g/mol. The van der Waals surface area contributed by atoms with Gasteiger partial charge in [0, 0.05) is 11.3 Å². The first-order valence-corrected chi connectivity index (χ1v) is 9.30. The van der Waals surface area contributed by atoms with Crippen LogP contribution in [0.5, 0.6) is 0 Å². The van der Waals surface area contributed by atoms with Gasteiger partial charge < -0.3 is 10.6 Å². The summed E-state index contributed by atoms with van der Waals surface area (Å²) in [7, 11) is 0. The Hall–Kier alpha value is -2.43. The molecule has 2 aromatic carbocycles. The van der Waals surface area contributed by atoms with Gasteiger partial charge in [-0.2, -0.15) is 0 Å². The minimum Gasteiger partial charge on any atom is -0.328 e. The Balaban J connectivity index is 1.70. The predicted octanol–water partition coefficient (Wildman–Crippen LogP) is 3.66. The second-order valence-electron chi connectivity index (χ2n) is 6.21. The predicted molar refractivity (Wildman–Crippen MR) is 104 cm³/mol. The van der Waals surface area contributed by atoms with Gasteiger partial charge in [0.25, 0.3) is 5.91 Å². The number of carbonyl (C=O) groups is 1. The lowest BCUT2D eigenvalue weighted by atomic mass is 10.0. The molecule has 25 heavy (non-hydrogen) atoms. The number of hydrogen-bond acceptors (Lipinski definition) is 2. The van der Waals surface area contributed by atoms with Crippen LogP contribution in [0.25, 0.3) is 0 Å². The molecule has 0 fully saturated rings. The van der Waals surface area contributed by atoms with Gasteiger partial charge >= 0.3 is 0 Å². The molecule has 0 aliphatic rings. The van der Waals surface area contributed by atoms with Gasteiger partial charge in [-0.1, -0.05) is 54.1 Å². The van der Waals surface area contributed by atoms with Crippen molar-refractivity contribution in [1.29, 1.82) is 0 Å². The van der Waals surface area contributed by atoms with Crippen molar-refractivity contribution in [3.05, 3.63) is 87.6 Å². The number of quaternary nitrogens is 1. The van der Waals surface area contributed by atoms with E-state index in [9.17, 15) is 4.79 Å². The minimum absolute atomic E-state index is 0.0166. The number of rotatable bonds is 6. The number of aryl methyl sites for hydroxylation is 2. The third-order valence-corrected chi connectivity index (χ3v) is 5.20. The van der Waals surface area contributed by atoms with E-state index in [1.54, 1.807) is 11.3 Å². The minimum atomic E-state index is 0.0166. The van der Waals surface area contributed by atoms with Gasteiger partial charge in [0.2, 0.25) is 0 Å². The van der Waals surface area contributed by atoms with Crippen molar-refractivity contribution in [2.45, 2.75) is 19.9 Å². The van der Waals surface area contributed by atoms with Crippen LogP contribution >= 0.6 is 11.3 Å². The Morgan fingerprint density at radius 3 is 2.48 bits per heavy atom. The maximum atomic E-state index is 12.4. The largest absolute Gasteiger partial charge is 0.328 e. The highest BCUT2D eigenvalue weighted by molar-refractivity contribution is 7.10. The number of benzene rings is 2. The third-order valence-electron chi connectivity index (χ3n) is 4.24. The van der Waals surface area contributed by atoms with Crippen LogP contribution in [0.4, 0.5) is 5.69 Å². The smallest absolute Gasteiger partial charge is 0.279 e. The topological polar surface area (TPSA) is 45.7 Å². The zero-order chi connectivity index (χ0) is 17.6. The average Bonchev–Trinajstić information content (AvgIpc) is 3.13. The van der Waals surface area contributed by atoms with E-state index in [0.29, 0.717) is 6.54 Å². The van der Waals surface area contributed by atoms with Crippen LogP contribution in [0.3, 0.4) is 0 Å². The number of anilines is 1. The summed E-state index contributed by atoms with van der Waals surface area (Å²) in [4.78, 5) is 13.6. The van der Waals surface area contributed by atoms with Gasteiger partial charge in [-0.05, 0) is 36.9 Å². The molecule has 1 heterocycles. The second-order valence-corrected chi connectivity index (χ2v) is 7.19. The standard InChI is InChI=1S/C21H22N2OS/c1-15-9-11-17(12-10-15)21(19-8-5-13-25-19)22-14-20(24)23-18-7-4-3-6-16(18)2/h3-13,21-22H,14H2,1-2H3,(H,23,24)/p+1/t21-/m0/s1. The molecular formula is C21H23N2OS+. The summed E-state index contributed by atoms with van der Waals surface area (Å²) in [5.74, 6) is 0.0166. The molecule has 3 aromatic rings. The normalized spacial score (nSPS) is 11.9. The summed E-state index contributed by atoms with van der Waals surface area (Å²) in [6.45, 7) is 4.47. The van der Waals surface area contributed by atoms with E-state index >= 15 is 0 Å². The Morgan fingerprint density at radius 2 is 1.80 bits per heavy atom. The summed E-state index contributed by atoms with van der Waals surface area (Å²) in [5, 5.41) is 7.19. The lowest BCUT2D eigenvalue weighted by Crippen LogP contribution is -2.87. The van der Waals surface area contributed by atoms with Crippen molar-refractivity contribution in [3.63, 3.8) is 0 Å². The number of nitrogens with two attached hydrogens (primary N) is 1. The SMILES string of the molecule is Cc1ccc([C@H]([NH2+]CC(=O)Nc2ccccc2C)c2cccs2)cc1. The fourth-order valence-electron chi connectivity index (χ4n) is 2.80. The zero-order valence-electron chi connectivity index (χ0n) is 14.5. The lowest BCUT2D eigenvalue weighted by molar-refractivity contribution is -0.675. The summed E-state index contributed by atoms with van der Waals surface area (Å²) in [6.07, 6.45) is 0. The molecule has 0 unspecified atom stereocenters. The second kappa shape index (κ2) is 8.10. The highest BCUT2D eigenvalue weighted by Gasteiger charge is 2.20. The molecule has 0 saturated carbocycles. The van der Waals surface area contributed by atoms with Crippen molar-refractivity contribution in [2.75, 3.05) is 11.9 Å². The van der Waals surface area contributed by atoms with Crippen molar-refractivity contribution < 1.29 is 10.1 Å². The first kappa shape index (κ1) is 17.4. The molecule has 3 rings (SSSR count). The van der Waals surface area contributed by atoms with E-state index in [1.165, 1.54) is 16.0 Å². The number of nitrogens with one attached hydrogen (secondary N) is 1. The Bertz CT molecular complexity index is 825. The first-order valence-electron chi connectivity index (χ1n) is 8.42. The van der Waals surface area contributed by atoms with Crippen molar-refractivity contribution >= 4 is 22.9 Å². The van der Waals surface area contributed by atoms with Crippen molar-refractivity contribution in [1.82, 2.24) is 0 Å². The molecular weight excluding hydrogens is 328 g/mol. The highest BCUT2D eigenvalue weighted by atomic mass is 32.1. The molecule has 1 aromatic heterocycles. The molecule has 0 bridgehead atoms. The Labute approximate surface area is 152 Å². The molecule has 4 heteroatoms. The fourth-order valence-corrected chi connectivity index (χ4v) is 3.65. The molecule has 3 nitrogen and oxygen atoms in total. The Morgan fingerprint density at radius 1 is 1.04 bits per heavy atom. The van der Waals surface area contributed by atoms with Crippen LogP contribution in [0.2, 0.25) is 0 Å². The van der Waals surface area contributed by atoms with Crippen molar-refractivity contribution in [3.8, 4) is 0 Å². The van der Waals surface area contributed by atoms with Gasteiger partial charge in [0.05, 0.1) is 4.88 Å². The van der Waals surface area contributed by atoms with Crippen LogP contribution in [-0.4, -0.2) is 12.5 Å². The Kier molecular flexibility index (Phi) is 5.64. The highest BCUT2D eigenvalue weighted by Crippen LogP contribution is 2.23. The van der Waals surface area contributed by atoms with E-state index in [1.807, 2.05) is 31.2 Å². The molecule has 128 valence electrons. The number of para-hydroxylation sites is 1. The molecule has 1 amide bonds. The summed E-state index contributed by atoms with van der Waals surface area (Å²) < 4.78 is 0. The van der Waals surface area contributed by atoms with E-state index in [-0.39, 0.29) is 11.9 Å². The summed E-state index contributed by atoms with van der Waals surface area (Å²) >= 11 is 1.73. The van der Waals surface area contributed by atoms with Crippen LogP contribution in [0, 0.1) is 13.8 Å². The summed E-state index contributed by atoms with van der Waals surface area (Å²) in [5.41, 5.74) is 4.41. The van der Waals surface area contributed by atoms with E-state index in [0.717, 1.165) is 11.3 Å². The quantitative estimate of drug-likeness (QED) is 0.699. The fraction of sp³-hybridized carbons (Fsp3) is 0.190. The maximum Gasteiger partial charge on any atom is 0.279 e. The number of carbonyl (C=O) groups excluding carboxylic acids is 1. The van der Waals surface area contributed by atoms with Gasteiger partial charge in [0.15, 0.2) is 6.54 Å². The third kappa shape index (κ3) is 4.56. The van der Waals surface area contributed by atoms with Gasteiger partial charge in [-0.3, -0.25) is 4.79 Å². The van der Waals surface area contributed by atoms with E-state index in [2.05, 4.69) is 59.3 Å². The number of thiophene rings is 1. The van der Waals surface area contributed by atoms with Crippen LogP contribution < -0.4 is 10.6 Å². The zero-order valence-corrected chi connectivity index (χ0v) is 15.3. The molecule has 3 N–H and O–H groups in total. The number of hydrogen-bond donors (Lipinski definition) is 2. The van der Waals surface area contributed by atoms with Crippen LogP contribution in [0.1, 0.15) is 27.6 Å². The summed E-state index contributed by atoms with van der Waals surface area (Å²) in [6, 6.07) is 20.7. The van der Waals surface area contributed by atoms with E-state index < -0.39 is 0 Å². The lowest BCUT2D eigenvalue weighted by Gasteiger charge is -2.15. The number of amides is 1. The molecule has 0 spiro atoms. The van der Waals surface area contributed by atoms with Gasteiger partial charge in [-0.15, -0.1) is 11.3 Å². The van der Waals surface area contributed by atoms with Gasteiger partial charge in [0.1, 0.15) is 6.04 Å². The maximum absolute atomic E-state index is 12.4. The van der Waals surface area contributed by atoms with Gasteiger partial charge in [-0.25, -0.2) is 0 Å². The van der Waals surface area contributed by atoms with Crippen molar-refractivity contribution in [2.24, 2.45) is 0 Å². The first-order chi connectivity index (χ1) is 12.1. The molecule has 1 atom stereocenters. The van der Waals surface area contributed by atoms with Crippen LogP contribution in [-0.2, 0) is 4.79 Å². The molecule has 0 radical (unpaired) electrons. The molecule has 0 aliphatic carbocycles. The van der Waals surface area contributed by atoms with E-state index in [4.69, 9.17) is 0 Å². The van der Waals surface area contributed by atoms with Crippen LogP contribution in [0.15, 0.2) is 66.0 Å².